The van der Waals surface area contributed by atoms with Crippen molar-refractivity contribution in [1.29, 1.82) is 0 Å². The molecule has 1 fully saturated rings. The van der Waals surface area contributed by atoms with Crippen LogP contribution in [0.5, 0.6) is 0 Å². The minimum absolute atomic E-state index is 0.149. The summed E-state index contributed by atoms with van der Waals surface area (Å²) in [4.78, 5) is 37.8. The number of amides is 3. The number of piperidine rings is 1. The Morgan fingerprint density at radius 2 is 2.00 bits per heavy atom. The lowest BCUT2D eigenvalue weighted by Crippen LogP contribution is -2.60. The van der Waals surface area contributed by atoms with E-state index in [1.54, 1.807) is 14.0 Å². The van der Waals surface area contributed by atoms with E-state index in [2.05, 4.69) is 5.32 Å². The van der Waals surface area contributed by atoms with Crippen LogP contribution >= 0.6 is 0 Å². The summed E-state index contributed by atoms with van der Waals surface area (Å²) in [5, 5.41) is 11.9. The van der Waals surface area contributed by atoms with Crippen molar-refractivity contribution >= 4 is 17.9 Å². The molecule has 0 radical (unpaired) electrons. The van der Waals surface area contributed by atoms with Gasteiger partial charge in [0.1, 0.15) is 5.54 Å². The summed E-state index contributed by atoms with van der Waals surface area (Å²) >= 11 is 0. The zero-order valence-electron chi connectivity index (χ0n) is 12.3. The molecule has 2 N–H and O–H groups in total. The van der Waals surface area contributed by atoms with Crippen LogP contribution in [0.4, 0.5) is 4.79 Å². The number of carboxylic acids is 1. The van der Waals surface area contributed by atoms with Gasteiger partial charge >= 0.3 is 12.0 Å². The van der Waals surface area contributed by atoms with Crippen LogP contribution in [0.25, 0.3) is 0 Å². The Morgan fingerprint density at radius 1 is 1.35 bits per heavy atom. The normalized spacial score (nSPS) is 22.2. The van der Waals surface area contributed by atoms with Crippen LogP contribution in [0.1, 0.15) is 32.6 Å². The number of nitrogens with zero attached hydrogens (tertiary/aromatic N) is 2. The Labute approximate surface area is 118 Å². The van der Waals surface area contributed by atoms with Crippen molar-refractivity contribution in [3.63, 3.8) is 0 Å². The fourth-order valence-corrected chi connectivity index (χ4v) is 2.35. The molecule has 114 valence electrons. The van der Waals surface area contributed by atoms with Crippen molar-refractivity contribution in [2.45, 2.75) is 38.1 Å². The third kappa shape index (κ3) is 3.40. The zero-order valence-corrected chi connectivity index (χ0v) is 12.3. The van der Waals surface area contributed by atoms with E-state index in [4.69, 9.17) is 0 Å². The van der Waals surface area contributed by atoms with Gasteiger partial charge < -0.3 is 20.2 Å². The molecule has 3 amide bonds. The topological polar surface area (TPSA) is 90.0 Å². The summed E-state index contributed by atoms with van der Waals surface area (Å²) in [5.74, 6) is -1.13. The molecule has 0 aromatic carbocycles. The Balaban J connectivity index is 2.72. The summed E-state index contributed by atoms with van der Waals surface area (Å²) in [6, 6.07) is -0.335. The van der Waals surface area contributed by atoms with Gasteiger partial charge in [0, 0.05) is 33.6 Å². The number of urea groups is 1. The fourth-order valence-electron chi connectivity index (χ4n) is 2.35. The summed E-state index contributed by atoms with van der Waals surface area (Å²) in [6.07, 6.45) is 2.26. The molecule has 7 heteroatoms. The number of likely N-dealkylation sites (tertiary alicyclic amines) is 1. The largest absolute Gasteiger partial charge is 0.480 e. The number of hydrogen-bond donors (Lipinski definition) is 2. The highest BCUT2D eigenvalue weighted by molar-refractivity contribution is 5.86. The maximum absolute atomic E-state index is 12.4. The monoisotopic (exact) mass is 285 g/mol. The SMILES string of the molecule is CNC(=O)CCN(C)C(=O)N1CCCCC1(C)C(=O)O. The van der Waals surface area contributed by atoms with E-state index in [9.17, 15) is 19.5 Å². The number of rotatable bonds is 4. The molecule has 0 aromatic rings. The second-order valence-corrected chi connectivity index (χ2v) is 5.32. The molecule has 0 saturated carbocycles. The predicted octanol–water partition coefficient (Wildman–Crippen LogP) is 0.504. The van der Waals surface area contributed by atoms with Gasteiger partial charge in [-0.25, -0.2) is 9.59 Å². The smallest absolute Gasteiger partial charge is 0.329 e. The van der Waals surface area contributed by atoms with Crippen LogP contribution in [-0.4, -0.2) is 65.5 Å². The third-order valence-electron chi connectivity index (χ3n) is 3.86. The van der Waals surface area contributed by atoms with Crippen molar-refractivity contribution in [1.82, 2.24) is 15.1 Å². The molecular weight excluding hydrogens is 262 g/mol. The first kappa shape index (κ1) is 16.3. The lowest BCUT2D eigenvalue weighted by Gasteiger charge is -2.43. The molecule has 0 bridgehead atoms. The molecule has 7 nitrogen and oxygen atoms in total. The van der Waals surface area contributed by atoms with Gasteiger partial charge in [0.15, 0.2) is 0 Å². The molecule has 0 spiro atoms. The minimum atomic E-state index is -1.16. The van der Waals surface area contributed by atoms with Gasteiger partial charge in [-0.1, -0.05) is 0 Å². The molecular formula is C13H23N3O4. The van der Waals surface area contributed by atoms with Gasteiger partial charge in [-0.15, -0.1) is 0 Å². The van der Waals surface area contributed by atoms with E-state index in [1.165, 1.54) is 16.8 Å². The molecule has 1 rings (SSSR count). The van der Waals surface area contributed by atoms with E-state index in [-0.39, 0.29) is 24.9 Å². The maximum atomic E-state index is 12.4. The van der Waals surface area contributed by atoms with Crippen LogP contribution in [-0.2, 0) is 9.59 Å². The van der Waals surface area contributed by atoms with Crippen molar-refractivity contribution in [2.24, 2.45) is 0 Å². The summed E-state index contributed by atoms with van der Waals surface area (Å²) in [6.45, 7) is 2.29. The van der Waals surface area contributed by atoms with Crippen LogP contribution in [0.2, 0.25) is 0 Å². The predicted molar refractivity (Wildman–Crippen MR) is 73.3 cm³/mol. The van der Waals surface area contributed by atoms with Crippen LogP contribution in [0.3, 0.4) is 0 Å². The number of carbonyl (C=O) groups excluding carboxylic acids is 2. The molecule has 1 saturated heterocycles. The average molecular weight is 285 g/mol. The number of carboxylic acid groups (broad SMARTS) is 1. The van der Waals surface area contributed by atoms with Crippen molar-refractivity contribution in [3.05, 3.63) is 0 Å². The molecule has 0 aromatic heterocycles. The first-order valence-electron chi connectivity index (χ1n) is 6.79. The number of hydrogen-bond acceptors (Lipinski definition) is 3. The Kier molecular flexibility index (Phi) is 5.35. The van der Waals surface area contributed by atoms with Gasteiger partial charge in [-0.05, 0) is 26.2 Å². The van der Waals surface area contributed by atoms with E-state index in [0.717, 1.165) is 12.8 Å². The third-order valence-corrected chi connectivity index (χ3v) is 3.86. The van der Waals surface area contributed by atoms with Crippen molar-refractivity contribution in [2.75, 3.05) is 27.2 Å². The Bertz CT molecular complexity index is 399. The van der Waals surface area contributed by atoms with Gasteiger partial charge in [-0.3, -0.25) is 4.79 Å². The van der Waals surface area contributed by atoms with Gasteiger partial charge in [0.05, 0.1) is 0 Å². The summed E-state index contributed by atoms with van der Waals surface area (Å²) in [7, 11) is 3.12. The van der Waals surface area contributed by atoms with Crippen LogP contribution < -0.4 is 5.32 Å². The van der Waals surface area contributed by atoms with Gasteiger partial charge in [-0.2, -0.15) is 0 Å². The van der Waals surface area contributed by atoms with E-state index in [0.29, 0.717) is 13.0 Å². The molecule has 20 heavy (non-hydrogen) atoms. The molecule has 1 unspecified atom stereocenters. The highest BCUT2D eigenvalue weighted by atomic mass is 16.4. The summed E-state index contributed by atoms with van der Waals surface area (Å²) in [5.41, 5.74) is -1.16. The van der Waals surface area contributed by atoms with E-state index >= 15 is 0 Å². The number of aliphatic carboxylic acids is 1. The average Bonchev–Trinajstić information content (AvgIpc) is 2.43. The first-order valence-corrected chi connectivity index (χ1v) is 6.79. The molecule has 0 aliphatic carbocycles. The van der Waals surface area contributed by atoms with E-state index in [1.807, 2.05) is 0 Å². The molecule has 1 heterocycles. The maximum Gasteiger partial charge on any atom is 0.329 e. The highest BCUT2D eigenvalue weighted by Crippen LogP contribution is 2.29. The van der Waals surface area contributed by atoms with Crippen LogP contribution in [0.15, 0.2) is 0 Å². The highest BCUT2D eigenvalue weighted by Gasteiger charge is 2.44. The Morgan fingerprint density at radius 3 is 2.55 bits per heavy atom. The molecule has 1 aliphatic rings. The molecule has 1 atom stereocenters. The van der Waals surface area contributed by atoms with E-state index < -0.39 is 11.5 Å². The standard InChI is InChI=1S/C13H23N3O4/c1-13(11(18)19)7-4-5-8-16(13)12(20)15(3)9-6-10(17)14-2/h4-9H2,1-3H3,(H,14,17)(H,18,19). The quantitative estimate of drug-likeness (QED) is 0.787. The van der Waals surface area contributed by atoms with Crippen LogP contribution in [0, 0.1) is 0 Å². The van der Waals surface area contributed by atoms with Gasteiger partial charge in [0.2, 0.25) is 5.91 Å². The first-order chi connectivity index (χ1) is 9.32. The summed E-state index contributed by atoms with van der Waals surface area (Å²) < 4.78 is 0. The lowest BCUT2D eigenvalue weighted by molar-refractivity contribution is -0.150. The van der Waals surface area contributed by atoms with Gasteiger partial charge in [0.25, 0.3) is 0 Å². The number of carbonyl (C=O) groups is 3. The van der Waals surface area contributed by atoms with Crippen molar-refractivity contribution < 1.29 is 19.5 Å². The fraction of sp³-hybridized carbons (Fsp3) is 0.769. The zero-order chi connectivity index (χ0) is 15.3. The second kappa shape index (κ2) is 6.58. The minimum Gasteiger partial charge on any atom is -0.480 e. The lowest BCUT2D eigenvalue weighted by atomic mass is 9.89. The second-order valence-electron chi connectivity index (χ2n) is 5.32. The molecule has 1 aliphatic heterocycles. The van der Waals surface area contributed by atoms with Crippen molar-refractivity contribution in [3.8, 4) is 0 Å². The Hall–Kier alpha value is -1.79. The number of nitrogens with one attached hydrogen (secondary N) is 1.